The third kappa shape index (κ3) is 6.06. The van der Waals surface area contributed by atoms with Crippen molar-refractivity contribution in [1.29, 1.82) is 0 Å². The second kappa shape index (κ2) is 11.5. The number of benzene rings is 2. The van der Waals surface area contributed by atoms with Gasteiger partial charge in [-0.1, -0.05) is 37.1 Å². The maximum atomic E-state index is 12.4. The van der Waals surface area contributed by atoms with Gasteiger partial charge in [-0.3, -0.25) is 4.90 Å². The van der Waals surface area contributed by atoms with E-state index >= 15 is 0 Å². The molecule has 0 N–H and O–H groups in total. The molecule has 1 aliphatic carbocycles. The molecule has 1 saturated carbocycles. The molecule has 2 aromatic rings. The van der Waals surface area contributed by atoms with Gasteiger partial charge in [0.15, 0.2) is 11.5 Å². The smallest absolute Gasteiger partial charge is 0.338 e. The SMILES string of the molecule is COc1ccc(CCO[C@@H]2CCCC[C@H]2N2CC[C@H](OC(=O)c3ccccc3)C2)cc1OC. The molecule has 1 aliphatic heterocycles. The topological polar surface area (TPSA) is 57.2 Å². The van der Waals surface area contributed by atoms with E-state index in [9.17, 15) is 4.79 Å². The number of hydrogen-bond donors (Lipinski definition) is 0. The molecule has 0 unspecified atom stereocenters. The summed E-state index contributed by atoms with van der Waals surface area (Å²) in [6, 6.07) is 15.7. The van der Waals surface area contributed by atoms with Gasteiger partial charge < -0.3 is 18.9 Å². The highest BCUT2D eigenvalue weighted by atomic mass is 16.5. The molecule has 0 bridgehead atoms. The molecule has 1 heterocycles. The Labute approximate surface area is 196 Å². The Bertz CT molecular complexity index is 903. The third-order valence-corrected chi connectivity index (χ3v) is 6.77. The van der Waals surface area contributed by atoms with E-state index in [0.29, 0.717) is 18.2 Å². The summed E-state index contributed by atoms with van der Waals surface area (Å²) in [6.07, 6.45) is 6.55. The van der Waals surface area contributed by atoms with Crippen molar-refractivity contribution in [3.8, 4) is 11.5 Å². The van der Waals surface area contributed by atoms with Crippen molar-refractivity contribution in [2.45, 2.75) is 56.8 Å². The van der Waals surface area contributed by atoms with Crippen LogP contribution in [0.25, 0.3) is 0 Å². The third-order valence-electron chi connectivity index (χ3n) is 6.77. The van der Waals surface area contributed by atoms with Gasteiger partial charge in [-0.05, 0) is 55.5 Å². The number of methoxy groups -OCH3 is 2. The van der Waals surface area contributed by atoms with Gasteiger partial charge in [-0.25, -0.2) is 4.79 Å². The number of carbonyl (C=O) groups excluding carboxylic acids is 1. The fraction of sp³-hybridized carbons (Fsp3) is 0.519. The van der Waals surface area contributed by atoms with Gasteiger partial charge in [0.1, 0.15) is 6.10 Å². The summed E-state index contributed by atoms with van der Waals surface area (Å²) in [5.74, 6) is 1.26. The molecule has 33 heavy (non-hydrogen) atoms. The largest absolute Gasteiger partial charge is 0.493 e. The van der Waals surface area contributed by atoms with Gasteiger partial charge in [0, 0.05) is 19.1 Å². The predicted molar refractivity (Wildman–Crippen MR) is 127 cm³/mol. The van der Waals surface area contributed by atoms with Gasteiger partial charge in [-0.15, -0.1) is 0 Å². The second-order valence-electron chi connectivity index (χ2n) is 8.88. The van der Waals surface area contributed by atoms with Crippen LogP contribution in [0.3, 0.4) is 0 Å². The molecule has 0 amide bonds. The van der Waals surface area contributed by atoms with Crippen molar-refractivity contribution in [2.75, 3.05) is 33.9 Å². The van der Waals surface area contributed by atoms with E-state index in [1.165, 1.54) is 18.4 Å². The second-order valence-corrected chi connectivity index (χ2v) is 8.88. The summed E-state index contributed by atoms with van der Waals surface area (Å²) in [5, 5.41) is 0. The van der Waals surface area contributed by atoms with Crippen LogP contribution in [0.4, 0.5) is 0 Å². The lowest BCUT2D eigenvalue weighted by molar-refractivity contribution is -0.0327. The maximum absolute atomic E-state index is 12.4. The molecule has 4 rings (SSSR count). The first-order chi connectivity index (χ1) is 16.2. The van der Waals surface area contributed by atoms with Crippen LogP contribution in [0, 0.1) is 0 Å². The first kappa shape index (κ1) is 23.6. The maximum Gasteiger partial charge on any atom is 0.338 e. The van der Waals surface area contributed by atoms with E-state index in [1.807, 2.05) is 30.3 Å². The Morgan fingerprint density at radius 3 is 2.55 bits per heavy atom. The van der Waals surface area contributed by atoms with Crippen LogP contribution in [0.15, 0.2) is 48.5 Å². The Morgan fingerprint density at radius 1 is 0.970 bits per heavy atom. The van der Waals surface area contributed by atoms with Crippen molar-refractivity contribution < 1.29 is 23.7 Å². The predicted octanol–water partition coefficient (Wildman–Crippen LogP) is 4.51. The molecule has 3 atom stereocenters. The molecule has 0 aromatic heterocycles. The van der Waals surface area contributed by atoms with Crippen molar-refractivity contribution in [1.82, 2.24) is 4.90 Å². The molecule has 2 aromatic carbocycles. The number of hydrogen-bond acceptors (Lipinski definition) is 6. The molecule has 178 valence electrons. The zero-order valence-electron chi connectivity index (χ0n) is 19.7. The van der Waals surface area contributed by atoms with Crippen LogP contribution in [-0.2, 0) is 15.9 Å². The number of ether oxygens (including phenoxy) is 4. The van der Waals surface area contributed by atoms with E-state index in [2.05, 4.69) is 11.0 Å². The van der Waals surface area contributed by atoms with Crippen LogP contribution in [0.5, 0.6) is 11.5 Å². The summed E-state index contributed by atoms with van der Waals surface area (Å²) in [7, 11) is 3.31. The lowest BCUT2D eigenvalue weighted by Crippen LogP contribution is -2.46. The van der Waals surface area contributed by atoms with E-state index < -0.39 is 0 Å². The van der Waals surface area contributed by atoms with Gasteiger partial charge >= 0.3 is 5.97 Å². The van der Waals surface area contributed by atoms with Crippen molar-refractivity contribution in [2.24, 2.45) is 0 Å². The van der Waals surface area contributed by atoms with Gasteiger partial charge in [-0.2, -0.15) is 0 Å². The van der Waals surface area contributed by atoms with E-state index in [0.717, 1.165) is 50.3 Å². The Balaban J connectivity index is 1.28. The van der Waals surface area contributed by atoms with Gasteiger partial charge in [0.2, 0.25) is 0 Å². The average Bonchev–Trinajstić information content (AvgIpc) is 3.33. The van der Waals surface area contributed by atoms with Gasteiger partial charge in [0.25, 0.3) is 0 Å². The van der Waals surface area contributed by atoms with E-state index in [4.69, 9.17) is 18.9 Å². The fourth-order valence-corrected chi connectivity index (χ4v) is 5.00. The minimum Gasteiger partial charge on any atom is -0.493 e. The molecule has 0 spiro atoms. The number of likely N-dealkylation sites (tertiary alicyclic amines) is 1. The molecule has 2 aliphatic rings. The zero-order valence-corrected chi connectivity index (χ0v) is 19.7. The molecule has 2 fully saturated rings. The Kier molecular flexibility index (Phi) is 8.24. The highest BCUT2D eigenvalue weighted by molar-refractivity contribution is 5.89. The number of carbonyl (C=O) groups is 1. The first-order valence-corrected chi connectivity index (χ1v) is 12.0. The van der Waals surface area contributed by atoms with Crippen molar-refractivity contribution in [3.05, 3.63) is 59.7 Å². The molecular formula is C27H35NO5. The molecule has 6 heteroatoms. The molecule has 6 nitrogen and oxygen atoms in total. The van der Waals surface area contributed by atoms with E-state index in [1.54, 1.807) is 26.4 Å². The van der Waals surface area contributed by atoms with Crippen LogP contribution in [0.1, 0.15) is 48.0 Å². The van der Waals surface area contributed by atoms with Crippen molar-refractivity contribution >= 4 is 5.97 Å². The number of nitrogens with zero attached hydrogens (tertiary/aromatic N) is 1. The fourth-order valence-electron chi connectivity index (χ4n) is 5.00. The summed E-state index contributed by atoms with van der Waals surface area (Å²) < 4.78 is 22.9. The number of esters is 1. The monoisotopic (exact) mass is 453 g/mol. The van der Waals surface area contributed by atoms with E-state index in [-0.39, 0.29) is 18.2 Å². The zero-order chi connectivity index (χ0) is 23.0. The minimum atomic E-state index is -0.228. The minimum absolute atomic E-state index is 0.0490. The average molecular weight is 454 g/mol. The summed E-state index contributed by atoms with van der Waals surface area (Å²) in [4.78, 5) is 14.9. The van der Waals surface area contributed by atoms with Gasteiger partial charge in [0.05, 0.1) is 32.5 Å². The molecular weight excluding hydrogens is 418 g/mol. The molecule has 1 saturated heterocycles. The summed E-state index contributed by atoms with van der Waals surface area (Å²) in [6.45, 7) is 2.42. The van der Waals surface area contributed by atoms with Crippen LogP contribution >= 0.6 is 0 Å². The quantitative estimate of drug-likeness (QED) is 0.521. The highest BCUT2D eigenvalue weighted by Crippen LogP contribution is 2.30. The van der Waals surface area contributed by atoms with Crippen LogP contribution in [0.2, 0.25) is 0 Å². The Morgan fingerprint density at radius 2 is 1.76 bits per heavy atom. The number of rotatable bonds is 9. The highest BCUT2D eigenvalue weighted by Gasteiger charge is 2.36. The first-order valence-electron chi connectivity index (χ1n) is 12.0. The normalized spacial score (nSPS) is 23.3. The summed E-state index contributed by atoms with van der Waals surface area (Å²) >= 11 is 0. The standard InChI is InChI=1S/C27H35NO5/c1-30-25-13-12-20(18-26(25)31-2)15-17-32-24-11-7-6-10-23(24)28-16-14-22(19-28)33-27(29)21-8-4-3-5-9-21/h3-5,8-9,12-13,18,22-24H,6-7,10-11,14-17,19H2,1-2H3/t22-,23+,24+/m0/s1. The summed E-state index contributed by atoms with van der Waals surface area (Å²) in [5.41, 5.74) is 1.79. The lowest BCUT2D eigenvalue weighted by atomic mass is 9.91. The van der Waals surface area contributed by atoms with Crippen LogP contribution < -0.4 is 9.47 Å². The Hall–Kier alpha value is -2.57. The molecule has 0 radical (unpaired) electrons. The van der Waals surface area contributed by atoms with Crippen LogP contribution in [-0.4, -0.2) is 63.0 Å². The lowest BCUT2D eigenvalue weighted by Gasteiger charge is -2.37. The van der Waals surface area contributed by atoms with Crippen molar-refractivity contribution in [3.63, 3.8) is 0 Å².